The Balaban J connectivity index is 1.66. The summed E-state index contributed by atoms with van der Waals surface area (Å²) in [6, 6.07) is 25.6. The maximum Gasteiger partial charge on any atom is 0.214 e. The molecule has 0 saturated heterocycles. The van der Waals surface area contributed by atoms with E-state index in [9.17, 15) is 18.4 Å². The highest BCUT2D eigenvalue weighted by Crippen LogP contribution is 2.47. The van der Waals surface area contributed by atoms with Crippen LogP contribution in [0.5, 0.6) is 0 Å². The summed E-state index contributed by atoms with van der Waals surface area (Å²) in [7, 11) is 0. The van der Waals surface area contributed by atoms with Gasteiger partial charge in [-0.15, -0.1) is 0 Å². The number of allylic oxidation sites excluding steroid dienone is 2. The van der Waals surface area contributed by atoms with E-state index in [-0.39, 0.29) is 23.0 Å². The highest BCUT2D eigenvalue weighted by Gasteiger charge is 2.43. The Morgan fingerprint density at radius 1 is 0.471 bits per heavy atom. The largest absolute Gasteiger partial charge is 0.304 e. The van der Waals surface area contributed by atoms with Crippen LogP contribution >= 0.6 is 0 Å². The molecule has 0 amide bonds. The lowest BCUT2D eigenvalue weighted by atomic mass is 10.1. The summed E-state index contributed by atoms with van der Waals surface area (Å²) in [6.07, 6.45) is 0. The Labute approximate surface area is 194 Å². The third-order valence-corrected chi connectivity index (χ3v) is 6.05. The first kappa shape index (κ1) is 20.1. The van der Waals surface area contributed by atoms with Crippen LogP contribution in [-0.4, -0.2) is 11.6 Å². The first-order chi connectivity index (χ1) is 16.5. The first-order valence-electron chi connectivity index (χ1n) is 10.7. The average molecular weight is 450 g/mol. The number of Topliss-reactive ketones (excluding diaryl/α,β-unsaturated/α-hetero) is 2. The average Bonchev–Trinajstić information content (AvgIpc) is 3.31. The second-order valence-corrected chi connectivity index (χ2v) is 8.01. The molecule has 4 aromatic carbocycles. The Morgan fingerprint density at radius 2 is 0.824 bits per heavy atom. The maximum absolute atomic E-state index is 13.7. The van der Waals surface area contributed by atoms with Crippen molar-refractivity contribution in [2.45, 2.75) is 0 Å². The number of fused-ring (bicyclic) bond motifs is 2. The van der Waals surface area contributed by atoms with E-state index in [2.05, 4.69) is 0 Å². The SMILES string of the molecule is O=C1/C(=C2/C(=O)c3ccccc3N2c2ccc(F)cc2)N(c2ccc(F)cc2)c2ccccc21. The predicted molar refractivity (Wildman–Crippen MR) is 126 cm³/mol. The molecule has 0 aromatic heterocycles. The minimum atomic E-state index is -0.408. The number of carbonyl (C=O) groups excluding carboxylic acids is 2. The zero-order valence-corrected chi connectivity index (χ0v) is 17.7. The lowest BCUT2D eigenvalue weighted by molar-refractivity contribution is 0.101. The van der Waals surface area contributed by atoms with Gasteiger partial charge in [0.2, 0.25) is 11.6 Å². The fourth-order valence-corrected chi connectivity index (χ4v) is 4.56. The highest BCUT2D eigenvalue weighted by atomic mass is 19.1. The van der Waals surface area contributed by atoms with Crippen molar-refractivity contribution in [3.05, 3.63) is 131 Å². The highest BCUT2D eigenvalue weighted by molar-refractivity contribution is 6.30. The van der Waals surface area contributed by atoms with Gasteiger partial charge in [-0.25, -0.2) is 8.78 Å². The van der Waals surface area contributed by atoms with Crippen LogP contribution in [0.25, 0.3) is 0 Å². The number of para-hydroxylation sites is 2. The lowest BCUT2D eigenvalue weighted by Crippen LogP contribution is -2.25. The minimum Gasteiger partial charge on any atom is -0.304 e. The molecule has 2 aliphatic heterocycles. The van der Waals surface area contributed by atoms with E-state index in [4.69, 9.17) is 0 Å². The molecule has 2 aliphatic rings. The van der Waals surface area contributed by atoms with Crippen molar-refractivity contribution >= 4 is 34.3 Å². The molecule has 0 saturated carbocycles. The van der Waals surface area contributed by atoms with Crippen molar-refractivity contribution in [2.75, 3.05) is 9.80 Å². The molecule has 6 rings (SSSR count). The minimum absolute atomic E-state index is 0.165. The third-order valence-electron chi connectivity index (χ3n) is 6.05. The van der Waals surface area contributed by atoms with Crippen molar-refractivity contribution in [3.63, 3.8) is 0 Å². The molecule has 0 fully saturated rings. The van der Waals surface area contributed by atoms with Gasteiger partial charge in [-0.05, 0) is 72.8 Å². The predicted octanol–water partition coefficient (Wildman–Crippen LogP) is 6.55. The van der Waals surface area contributed by atoms with E-state index in [1.54, 1.807) is 82.6 Å². The van der Waals surface area contributed by atoms with Crippen molar-refractivity contribution in [1.82, 2.24) is 0 Å². The molecule has 0 N–H and O–H groups in total. The molecule has 2 heterocycles. The van der Waals surface area contributed by atoms with Gasteiger partial charge in [-0.3, -0.25) is 9.59 Å². The molecule has 0 spiro atoms. The van der Waals surface area contributed by atoms with Crippen LogP contribution in [0.15, 0.2) is 108 Å². The van der Waals surface area contributed by atoms with Crippen molar-refractivity contribution in [3.8, 4) is 0 Å². The summed E-state index contributed by atoms with van der Waals surface area (Å²) in [5, 5.41) is 0. The van der Waals surface area contributed by atoms with Gasteiger partial charge in [0.05, 0.1) is 11.4 Å². The molecule has 0 unspecified atom stereocenters. The van der Waals surface area contributed by atoms with Crippen LogP contribution in [0.1, 0.15) is 20.7 Å². The van der Waals surface area contributed by atoms with E-state index in [0.717, 1.165) is 0 Å². The van der Waals surface area contributed by atoms with Crippen LogP contribution in [0.4, 0.5) is 31.5 Å². The lowest BCUT2D eigenvalue weighted by Gasteiger charge is -2.26. The Morgan fingerprint density at radius 3 is 1.21 bits per heavy atom. The Hall–Kier alpha value is -4.58. The Bertz CT molecular complexity index is 1390. The van der Waals surface area contributed by atoms with Gasteiger partial charge in [0, 0.05) is 22.5 Å². The normalized spacial score (nSPS) is 16.8. The fraction of sp³-hybridized carbons (Fsp3) is 0. The molecule has 0 atom stereocenters. The van der Waals surface area contributed by atoms with Gasteiger partial charge in [0.25, 0.3) is 0 Å². The second-order valence-electron chi connectivity index (χ2n) is 8.01. The second kappa shape index (κ2) is 7.49. The standard InChI is InChI=1S/C28H16F2N2O2/c29-17-9-13-19(14-10-17)31-23-7-3-1-5-21(23)27(33)25(31)26-28(34)22-6-2-4-8-24(22)32(26)20-15-11-18(30)12-16-20/h1-16H/b26-25+. The summed E-state index contributed by atoms with van der Waals surface area (Å²) in [5.41, 5.74) is 3.51. The molecule has 0 radical (unpaired) electrons. The van der Waals surface area contributed by atoms with Crippen LogP contribution in [0, 0.1) is 11.6 Å². The van der Waals surface area contributed by atoms with Gasteiger partial charge in [-0.1, -0.05) is 24.3 Å². The molecule has 0 bridgehead atoms. The smallest absolute Gasteiger partial charge is 0.214 e. The van der Waals surface area contributed by atoms with E-state index in [1.165, 1.54) is 24.3 Å². The van der Waals surface area contributed by atoms with Gasteiger partial charge in [-0.2, -0.15) is 0 Å². The molecule has 4 nitrogen and oxygen atoms in total. The molecular formula is C28H16F2N2O2. The van der Waals surface area contributed by atoms with Crippen molar-refractivity contribution < 1.29 is 18.4 Å². The van der Waals surface area contributed by atoms with Gasteiger partial charge < -0.3 is 9.80 Å². The molecular weight excluding hydrogens is 434 g/mol. The van der Waals surface area contributed by atoms with E-state index in [1.807, 2.05) is 0 Å². The van der Waals surface area contributed by atoms with Gasteiger partial charge in [0.15, 0.2) is 0 Å². The number of carbonyl (C=O) groups is 2. The first-order valence-corrected chi connectivity index (χ1v) is 10.7. The third kappa shape index (κ3) is 2.89. The topological polar surface area (TPSA) is 40.6 Å². The van der Waals surface area contributed by atoms with Crippen molar-refractivity contribution in [2.24, 2.45) is 0 Å². The van der Waals surface area contributed by atoms with E-state index in [0.29, 0.717) is 33.9 Å². The zero-order valence-electron chi connectivity index (χ0n) is 17.7. The Kier molecular flexibility index (Phi) is 4.42. The quantitative estimate of drug-likeness (QED) is 0.325. The number of rotatable bonds is 2. The van der Waals surface area contributed by atoms with Crippen LogP contribution in [-0.2, 0) is 0 Å². The number of benzene rings is 4. The summed E-state index contributed by atoms with van der Waals surface area (Å²) in [4.78, 5) is 30.9. The zero-order chi connectivity index (χ0) is 23.4. The molecule has 164 valence electrons. The molecule has 6 heteroatoms. The number of anilines is 4. The summed E-state index contributed by atoms with van der Waals surface area (Å²) in [5.74, 6) is -1.45. The number of halogens is 2. The van der Waals surface area contributed by atoms with Crippen LogP contribution < -0.4 is 9.80 Å². The fourth-order valence-electron chi connectivity index (χ4n) is 4.56. The van der Waals surface area contributed by atoms with Crippen LogP contribution in [0.3, 0.4) is 0 Å². The molecule has 34 heavy (non-hydrogen) atoms. The number of hydrogen-bond acceptors (Lipinski definition) is 4. The molecule has 4 aromatic rings. The number of ketones is 2. The summed E-state index contributed by atoms with van der Waals surface area (Å²) in [6.45, 7) is 0. The van der Waals surface area contributed by atoms with Gasteiger partial charge >= 0.3 is 0 Å². The summed E-state index contributed by atoms with van der Waals surface area (Å²) >= 11 is 0. The van der Waals surface area contributed by atoms with Crippen molar-refractivity contribution in [1.29, 1.82) is 0 Å². The van der Waals surface area contributed by atoms with Crippen LogP contribution in [0.2, 0.25) is 0 Å². The van der Waals surface area contributed by atoms with E-state index < -0.39 is 11.6 Å². The van der Waals surface area contributed by atoms with E-state index >= 15 is 0 Å². The number of hydrogen-bond donors (Lipinski definition) is 0. The summed E-state index contributed by atoms with van der Waals surface area (Å²) < 4.78 is 27.4. The number of nitrogens with zero attached hydrogens (tertiary/aromatic N) is 2. The maximum atomic E-state index is 13.7. The van der Waals surface area contributed by atoms with Gasteiger partial charge in [0.1, 0.15) is 23.0 Å². The molecule has 0 aliphatic carbocycles. The monoisotopic (exact) mass is 450 g/mol.